The molecular weight excluding hydrogens is 222 g/mol. The summed E-state index contributed by atoms with van der Waals surface area (Å²) < 4.78 is 0. The maximum Gasteiger partial charge on any atom is 0.203 e. The average molecular weight is 239 g/mol. The molecule has 0 aromatic carbocycles. The zero-order valence-corrected chi connectivity index (χ0v) is 10.5. The standard InChI is InChI=1S/C10H17N5S/c1-8(2)6-15(5-3-4-11)7-9-13-14-10(12)16-9/h8H,3,5-7H2,1-2H3,(H2,12,14). The van der Waals surface area contributed by atoms with Gasteiger partial charge in [-0.3, -0.25) is 4.90 Å². The van der Waals surface area contributed by atoms with Gasteiger partial charge in [0.1, 0.15) is 5.01 Å². The fourth-order valence-electron chi connectivity index (χ4n) is 1.48. The number of nitrogens with two attached hydrogens (primary N) is 1. The van der Waals surface area contributed by atoms with E-state index in [9.17, 15) is 0 Å². The Labute approximate surface area is 99.9 Å². The van der Waals surface area contributed by atoms with Gasteiger partial charge in [-0.25, -0.2) is 0 Å². The van der Waals surface area contributed by atoms with Crippen LogP contribution >= 0.6 is 11.3 Å². The summed E-state index contributed by atoms with van der Waals surface area (Å²) in [5.41, 5.74) is 5.53. The number of rotatable bonds is 6. The SMILES string of the molecule is CC(C)CN(CCC#N)Cc1nnc(N)s1. The predicted octanol–water partition coefficient (Wildman–Crippen LogP) is 1.49. The maximum atomic E-state index is 8.60. The number of hydrogen-bond acceptors (Lipinski definition) is 6. The zero-order valence-electron chi connectivity index (χ0n) is 9.68. The van der Waals surface area contributed by atoms with Gasteiger partial charge in [0.05, 0.1) is 12.6 Å². The molecule has 0 aliphatic carbocycles. The van der Waals surface area contributed by atoms with Gasteiger partial charge in [0, 0.05) is 19.5 Å². The third kappa shape index (κ3) is 4.55. The Morgan fingerprint density at radius 2 is 2.25 bits per heavy atom. The van der Waals surface area contributed by atoms with Crippen LogP contribution in [0.5, 0.6) is 0 Å². The van der Waals surface area contributed by atoms with Crippen LogP contribution in [0.4, 0.5) is 5.13 Å². The number of aromatic nitrogens is 2. The average Bonchev–Trinajstić information content (AvgIpc) is 2.59. The van der Waals surface area contributed by atoms with E-state index >= 15 is 0 Å². The van der Waals surface area contributed by atoms with Gasteiger partial charge in [-0.2, -0.15) is 5.26 Å². The van der Waals surface area contributed by atoms with Crippen molar-refractivity contribution in [2.24, 2.45) is 5.92 Å². The second-order valence-electron chi connectivity index (χ2n) is 4.07. The van der Waals surface area contributed by atoms with Crippen molar-refractivity contribution in [3.8, 4) is 6.07 Å². The molecule has 1 heterocycles. The van der Waals surface area contributed by atoms with Gasteiger partial charge >= 0.3 is 0 Å². The van der Waals surface area contributed by atoms with Gasteiger partial charge in [0.25, 0.3) is 0 Å². The molecule has 2 N–H and O–H groups in total. The molecule has 0 aliphatic heterocycles. The minimum atomic E-state index is 0.500. The molecule has 1 rings (SSSR count). The largest absolute Gasteiger partial charge is 0.374 e. The summed E-state index contributed by atoms with van der Waals surface area (Å²) in [6.07, 6.45) is 0.543. The highest BCUT2D eigenvalue weighted by Crippen LogP contribution is 2.14. The first-order valence-corrected chi connectivity index (χ1v) is 6.10. The van der Waals surface area contributed by atoms with E-state index in [2.05, 4.69) is 35.0 Å². The van der Waals surface area contributed by atoms with Crippen molar-refractivity contribution < 1.29 is 0 Å². The van der Waals surface area contributed by atoms with Crippen molar-refractivity contribution in [2.45, 2.75) is 26.8 Å². The van der Waals surface area contributed by atoms with Crippen LogP contribution in [0.3, 0.4) is 0 Å². The molecule has 0 radical (unpaired) electrons. The van der Waals surface area contributed by atoms with Gasteiger partial charge in [-0.15, -0.1) is 10.2 Å². The highest BCUT2D eigenvalue weighted by Gasteiger charge is 2.10. The van der Waals surface area contributed by atoms with Crippen molar-refractivity contribution in [2.75, 3.05) is 18.8 Å². The highest BCUT2D eigenvalue weighted by molar-refractivity contribution is 7.15. The Balaban J connectivity index is 2.52. The molecule has 5 nitrogen and oxygen atoms in total. The predicted molar refractivity (Wildman–Crippen MR) is 64.7 cm³/mol. The molecule has 0 spiro atoms. The maximum absolute atomic E-state index is 8.60. The first-order chi connectivity index (χ1) is 7.61. The Morgan fingerprint density at radius 1 is 1.50 bits per heavy atom. The van der Waals surface area contributed by atoms with E-state index in [1.807, 2.05) is 0 Å². The van der Waals surface area contributed by atoms with Crippen LogP contribution in [0.15, 0.2) is 0 Å². The second kappa shape index (κ2) is 6.40. The van der Waals surface area contributed by atoms with E-state index in [0.717, 1.165) is 24.6 Å². The molecule has 0 aliphatic rings. The van der Waals surface area contributed by atoms with Crippen LogP contribution in [0.2, 0.25) is 0 Å². The van der Waals surface area contributed by atoms with Crippen molar-refractivity contribution in [3.63, 3.8) is 0 Å². The van der Waals surface area contributed by atoms with E-state index in [1.165, 1.54) is 11.3 Å². The molecule has 88 valence electrons. The molecular formula is C10H17N5S. The summed E-state index contributed by atoms with van der Waals surface area (Å²) in [7, 11) is 0. The molecule has 0 saturated heterocycles. The van der Waals surface area contributed by atoms with Crippen LogP contribution in [0.1, 0.15) is 25.3 Å². The van der Waals surface area contributed by atoms with Gasteiger partial charge in [-0.1, -0.05) is 25.2 Å². The Bertz CT molecular complexity index is 354. The minimum absolute atomic E-state index is 0.500. The molecule has 0 saturated carbocycles. The first-order valence-electron chi connectivity index (χ1n) is 5.29. The second-order valence-corrected chi connectivity index (χ2v) is 5.16. The smallest absolute Gasteiger partial charge is 0.203 e. The van der Waals surface area contributed by atoms with Crippen molar-refractivity contribution in [1.82, 2.24) is 15.1 Å². The molecule has 0 amide bonds. The topological polar surface area (TPSA) is 78.8 Å². The third-order valence-corrected chi connectivity index (χ3v) is 2.74. The van der Waals surface area contributed by atoms with E-state index in [4.69, 9.17) is 11.0 Å². The Morgan fingerprint density at radius 3 is 2.75 bits per heavy atom. The van der Waals surface area contributed by atoms with Gasteiger partial charge in [-0.05, 0) is 5.92 Å². The monoisotopic (exact) mass is 239 g/mol. The number of nitrogen functional groups attached to an aromatic ring is 1. The first kappa shape index (κ1) is 12.9. The summed E-state index contributed by atoms with van der Waals surface area (Å²) in [5.74, 6) is 0.573. The normalized spacial score (nSPS) is 10.9. The Hall–Kier alpha value is -1.19. The lowest BCUT2D eigenvalue weighted by atomic mass is 10.2. The van der Waals surface area contributed by atoms with E-state index in [1.54, 1.807) is 0 Å². The lowest BCUT2D eigenvalue weighted by Gasteiger charge is -2.21. The van der Waals surface area contributed by atoms with Crippen molar-refractivity contribution in [3.05, 3.63) is 5.01 Å². The van der Waals surface area contributed by atoms with Crippen LogP contribution in [-0.2, 0) is 6.54 Å². The van der Waals surface area contributed by atoms with Gasteiger partial charge in [0.2, 0.25) is 5.13 Å². The summed E-state index contributed by atoms with van der Waals surface area (Å²) >= 11 is 1.41. The number of hydrogen-bond donors (Lipinski definition) is 1. The van der Waals surface area contributed by atoms with Crippen LogP contribution in [0.25, 0.3) is 0 Å². The molecule has 16 heavy (non-hydrogen) atoms. The molecule has 1 aromatic rings. The van der Waals surface area contributed by atoms with E-state index in [0.29, 0.717) is 17.5 Å². The van der Waals surface area contributed by atoms with Gasteiger partial charge < -0.3 is 5.73 Å². The van der Waals surface area contributed by atoms with Crippen LogP contribution in [0, 0.1) is 17.2 Å². The van der Waals surface area contributed by atoms with E-state index < -0.39 is 0 Å². The van der Waals surface area contributed by atoms with Crippen molar-refractivity contribution in [1.29, 1.82) is 5.26 Å². The molecule has 1 aromatic heterocycles. The summed E-state index contributed by atoms with van der Waals surface area (Å²) in [6, 6.07) is 2.16. The lowest BCUT2D eigenvalue weighted by molar-refractivity contribution is 0.240. The molecule has 6 heteroatoms. The molecule has 0 atom stereocenters. The van der Waals surface area contributed by atoms with E-state index in [-0.39, 0.29) is 0 Å². The summed E-state index contributed by atoms with van der Waals surface area (Å²) in [4.78, 5) is 2.22. The van der Waals surface area contributed by atoms with Crippen LogP contribution in [-0.4, -0.2) is 28.2 Å². The van der Waals surface area contributed by atoms with Gasteiger partial charge in [0.15, 0.2) is 0 Å². The van der Waals surface area contributed by atoms with Crippen molar-refractivity contribution >= 4 is 16.5 Å². The highest BCUT2D eigenvalue weighted by atomic mass is 32.1. The molecule has 0 fully saturated rings. The summed E-state index contributed by atoms with van der Waals surface area (Å²) in [5, 5.41) is 17.8. The number of nitrogens with zero attached hydrogens (tertiary/aromatic N) is 4. The van der Waals surface area contributed by atoms with Crippen LogP contribution < -0.4 is 5.73 Å². The zero-order chi connectivity index (χ0) is 12.0. The summed E-state index contributed by atoms with van der Waals surface area (Å²) in [6.45, 7) is 6.78. The molecule has 0 bridgehead atoms. The fourth-order valence-corrected chi connectivity index (χ4v) is 2.13. The Kier molecular flexibility index (Phi) is 5.15. The quantitative estimate of drug-likeness (QED) is 0.813. The molecule has 0 unspecified atom stereocenters. The number of anilines is 1. The minimum Gasteiger partial charge on any atom is -0.374 e. The number of nitriles is 1. The lowest BCUT2D eigenvalue weighted by Crippen LogP contribution is -2.28. The fraction of sp³-hybridized carbons (Fsp3) is 0.700. The third-order valence-electron chi connectivity index (χ3n) is 2.00.